The summed E-state index contributed by atoms with van der Waals surface area (Å²) >= 11 is 0. The van der Waals surface area contributed by atoms with Crippen LogP contribution in [0.3, 0.4) is 0 Å². The average molecular weight is 569 g/mol. The first-order chi connectivity index (χ1) is 18.4. The lowest BCUT2D eigenvalue weighted by molar-refractivity contribution is -0.156. The van der Waals surface area contributed by atoms with Crippen LogP contribution in [0.5, 0.6) is 0 Å². The number of anilines is 1. The zero-order chi connectivity index (χ0) is 28.6. The summed E-state index contributed by atoms with van der Waals surface area (Å²) in [6.45, 7) is 8.89. The van der Waals surface area contributed by atoms with Gasteiger partial charge < -0.3 is 29.0 Å². The molecule has 0 bridgehead atoms. The molecule has 218 valence electrons. The van der Waals surface area contributed by atoms with Crippen molar-refractivity contribution in [1.29, 1.82) is 0 Å². The quantitative estimate of drug-likeness (QED) is 0.182. The first-order valence-electron chi connectivity index (χ1n) is 13.4. The highest BCUT2D eigenvalue weighted by Crippen LogP contribution is 2.46. The minimum Gasteiger partial charge on any atom is -0.464 e. The van der Waals surface area contributed by atoms with Gasteiger partial charge in [-0.3, -0.25) is 9.36 Å². The number of carbonyl (C=O) groups excluding carboxylic acids is 2. The summed E-state index contributed by atoms with van der Waals surface area (Å²) in [6, 6.07) is 0. The standard InChI is InChI=1S/C25H41N6O7P/c1-6-7-12-35-24(33)25(4,5)30-39(34,38-18(3)23(32)37-19-10-8-9-11-19)16-36-17(2)13-31-15-29-20-21(26)27-14-28-22(20)31/h14-15,17-19H,6-13,16H2,1-5H3,(H,30,34)(H2,26,27,28)/t17-,18+,39+/m1/s1. The van der Waals surface area contributed by atoms with E-state index in [1.165, 1.54) is 13.3 Å². The Kier molecular flexibility index (Phi) is 10.8. The van der Waals surface area contributed by atoms with Crippen molar-refractivity contribution in [3.8, 4) is 0 Å². The molecule has 0 unspecified atom stereocenters. The Labute approximate surface area is 229 Å². The third-order valence-corrected chi connectivity index (χ3v) is 8.39. The maximum absolute atomic E-state index is 14.0. The lowest BCUT2D eigenvalue weighted by Gasteiger charge is -2.31. The van der Waals surface area contributed by atoms with Crippen molar-refractivity contribution in [2.45, 2.75) is 104 Å². The van der Waals surface area contributed by atoms with Crippen LogP contribution in [0.15, 0.2) is 12.7 Å². The molecule has 2 heterocycles. The van der Waals surface area contributed by atoms with E-state index in [2.05, 4.69) is 20.0 Å². The van der Waals surface area contributed by atoms with Gasteiger partial charge in [0.2, 0.25) is 0 Å². The molecule has 0 aliphatic heterocycles. The fourth-order valence-electron chi connectivity index (χ4n) is 4.20. The highest BCUT2D eigenvalue weighted by Gasteiger charge is 2.41. The summed E-state index contributed by atoms with van der Waals surface area (Å²) in [6.07, 6.45) is 5.88. The van der Waals surface area contributed by atoms with Crippen LogP contribution in [-0.4, -0.2) is 68.3 Å². The van der Waals surface area contributed by atoms with Crippen molar-refractivity contribution in [2.75, 3.05) is 18.7 Å². The summed E-state index contributed by atoms with van der Waals surface area (Å²) < 4.78 is 38.4. The van der Waals surface area contributed by atoms with Gasteiger partial charge in [-0.15, -0.1) is 0 Å². The van der Waals surface area contributed by atoms with Gasteiger partial charge in [-0.1, -0.05) is 13.3 Å². The molecule has 1 saturated carbocycles. The van der Waals surface area contributed by atoms with E-state index < -0.39 is 43.6 Å². The van der Waals surface area contributed by atoms with Gasteiger partial charge in [-0.2, -0.15) is 0 Å². The van der Waals surface area contributed by atoms with Crippen molar-refractivity contribution in [3.05, 3.63) is 12.7 Å². The molecule has 0 saturated heterocycles. The number of hydrogen-bond donors (Lipinski definition) is 2. The molecule has 3 rings (SSSR count). The van der Waals surface area contributed by atoms with E-state index in [9.17, 15) is 14.2 Å². The zero-order valence-corrected chi connectivity index (χ0v) is 24.3. The van der Waals surface area contributed by atoms with Gasteiger partial charge in [0.1, 0.15) is 29.8 Å². The Morgan fingerprint density at radius 2 is 1.95 bits per heavy atom. The first kappa shape index (κ1) is 30.9. The number of nitrogen functional groups attached to an aromatic ring is 1. The summed E-state index contributed by atoms with van der Waals surface area (Å²) in [5, 5.41) is 2.80. The number of aromatic nitrogens is 4. The van der Waals surface area contributed by atoms with E-state index in [4.69, 9.17) is 24.5 Å². The lowest BCUT2D eigenvalue weighted by atomic mass is 10.1. The van der Waals surface area contributed by atoms with E-state index in [1.54, 1.807) is 31.7 Å². The van der Waals surface area contributed by atoms with Crippen LogP contribution in [-0.2, 0) is 39.4 Å². The molecule has 1 aliphatic rings. The largest absolute Gasteiger partial charge is 0.464 e. The SMILES string of the molecule is CCCCOC(=O)C(C)(C)N[P@](=O)(CO[C@H](C)Cn1cnc2c(N)ncnc21)O[C@@H](C)C(=O)OC1CCCC1. The maximum atomic E-state index is 14.0. The topological polar surface area (TPSA) is 170 Å². The van der Waals surface area contributed by atoms with E-state index in [1.807, 2.05) is 6.92 Å². The predicted octanol–water partition coefficient (Wildman–Crippen LogP) is 3.57. The number of ether oxygens (including phenoxy) is 3. The number of nitrogens with one attached hydrogen (secondary N) is 1. The monoisotopic (exact) mass is 568 g/mol. The molecule has 3 N–H and O–H groups in total. The third kappa shape index (κ3) is 8.69. The minimum absolute atomic E-state index is 0.167. The Morgan fingerprint density at radius 3 is 2.64 bits per heavy atom. The van der Waals surface area contributed by atoms with Crippen molar-refractivity contribution in [1.82, 2.24) is 24.6 Å². The Balaban J connectivity index is 1.70. The van der Waals surface area contributed by atoms with Gasteiger partial charge in [-0.05, 0) is 59.8 Å². The molecular formula is C25H41N6O7P. The maximum Gasteiger partial charge on any atom is 0.335 e. The van der Waals surface area contributed by atoms with Gasteiger partial charge in [0, 0.05) is 0 Å². The van der Waals surface area contributed by atoms with Gasteiger partial charge in [-0.25, -0.2) is 24.8 Å². The first-order valence-corrected chi connectivity index (χ1v) is 15.2. The van der Waals surface area contributed by atoms with E-state index in [0.29, 0.717) is 24.1 Å². The van der Waals surface area contributed by atoms with Crippen LogP contribution in [0.25, 0.3) is 11.2 Å². The molecule has 0 aromatic carbocycles. The fourth-order valence-corrected chi connectivity index (χ4v) is 6.37. The number of rotatable bonds is 15. The molecule has 39 heavy (non-hydrogen) atoms. The molecule has 0 radical (unpaired) electrons. The number of esters is 2. The molecule has 3 atom stereocenters. The van der Waals surface area contributed by atoms with Crippen molar-refractivity contribution >= 4 is 36.4 Å². The minimum atomic E-state index is -3.93. The number of fused-ring (bicyclic) bond motifs is 1. The Morgan fingerprint density at radius 1 is 1.23 bits per heavy atom. The second-order valence-electron chi connectivity index (χ2n) is 10.4. The van der Waals surface area contributed by atoms with E-state index in [-0.39, 0.29) is 18.5 Å². The third-order valence-electron chi connectivity index (χ3n) is 6.35. The van der Waals surface area contributed by atoms with Crippen LogP contribution in [0.1, 0.15) is 73.1 Å². The molecule has 13 nitrogen and oxygen atoms in total. The van der Waals surface area contributed by atoms with E-state index >= 15 is 0 Å². The smallest absolute Gasteiger partial charge is 0.335 e. The highest BCUT2D eigenvalue weighted by atomic mass is 31.2. The molecule has 0 spiro atoms. The number of carbonyl (C=O) groups is 2. The lowest BCUT2D eigenvalue weighted by Crippen LogP contribution is -2.47. The zero-order valence-electron chi connectivity index (χ0n) is 23.4. The van der Waals surface area contributed by atoms with Gasteiger partial charge in [0.05, 0.1) is 25.6 Å². The summed E-state index contributed by atoms with van der Waals surface area (Å²) in [5.74, 6) is -0.931. The van der Waals surface area contributed by atoms with Crippen LogP contribution in [0.2, 0.25) is 0 Å². The van der Waals surface area contributed by atoms with Gasteiger partial charge in [0.15, 0.2) is 17.6 Å². The number of unbranched alkanes of at least 4 members (excludes halogenated alkanes) is 1. The van der Waals surface area contributed by atoms with Crippen LogP contribution in [0.4, 0.5) is 5.82 Å². The number of hydrogen-bond acceptors (Lipinski definition) is 11. The Hall–Kier alpha value is -2.60. The Bertz CT molecular complexity index is 1170. The van der Waals surface area contributed by atoms with Crippen LogP contribution >= 0.6 is 7.52 Å². The van der Waals surface area contributed by atoms with Crippen molar-refractivity contribution in [3.63, 3.8) is 0 Å². The van der Waals surface area contributed by atoms with Gasteiger partial charge >= 0.3 is 11.9 Å². The molecule has 2 aromatic rings. The summed E-state index contributed by atoms with van der Waals surface area (Å²) in [4.78, 5) is 37.8. The van der Waals surface area contributed by atoms with Crippen molar-refractivity contribution in [2.24, 2.45) is 0 Å². The average Bonchev–Trinajstić information content (AvgIpc) is 3.53. The summed E-state index contributed by atoms with van der Waals surface area (Å²) in [7, 11) is -3.93. The number of nitrogens with zero attached hydrogens (tertiary/aromatic N) is 4. The van der Waals surface area contributed by atoms with E-state index in [0.717, 1.165) is 32.1 Å². The molecule has 14 heteroatoms. The molecule has 1 aliphatic carbocycles. The molecular weight excluding hydrogens is 527 g/mol. The predicted molar refractivity (Wildman–Crippen MR) is 145 cm³/mol. The summed E-state index contributed by atoms with van der Waals surface area (Å²) in [5.41, 5.74) is 5.50. The van der Waals surface area contributed by atoms with Crippen molar-refractivity contribution < 1.29 is 32.9 Å². The van der Waals surface area contributed by atoms with Crippen LogP contribution in [0, 0.1) is 0 Å². The molecule has 0 amide bonds. The second-order valence-corrected chi connectivity index (χ2v) is 12.5. The molecule has 2 aromatic heterocycles. The van der Waals surface area contributed by atoms with Crippen LogP contribution < -0.4 is 10.8 Å². The van der Waals surface area contributed by atoms with Gasteiger partial charge in [0.25, 0.3) is 7.52 Å². The normalized spacial score (nSPS) is 17.6. The number of imidazole rings is 1. The molecule has 1 fully saturated rings. The number of nitrogens with two attached hydrogens (primary N) is 1. The fraction of sp³-hybridized carbons (Fsp3) is 0.720. The second kappa shape index (κ2) is 13.6. The highest BCUT2D eigenvalue weighted by molar-refractivity contribution is 7.56.